The highest BCUT2D eigenvalue weighted by Crippen LogP contribution is 2.33. The van der Waals surface area contributed by atoms with Gasteiger partial charge in [0.25, 0.3) is 11.8 Å². The molecule has 1 unspecified atom stereocenters. The van der Waals surface area contributed by atoms with Crippen molar-refractivity contribution in [2.75, 3.05) is 12.0 Å². The molecule has 0 saturated heterocycles. The number of ether oxygens (including phenoxy) is 2. The number of benzene rings is 3. The molecule has 9 heteroatoms. The zero-order valence-electron chi connectivity index (χ0n) is 23.2. The monoisotopic (exact) mass is 574 g/mol. The number of methoxy groups -OCH3 is 1. The Bertz CT molecular complexity index is 1560. The first-order valence-electron chi connectivity index (χ1n) is 12.9. The highest BCUT2D eigenvalue weighted by atomic mass is 35.5. The molecule has 0 bridgehead atoms. The molecule has 3 aromatic carbocycles. The van der Waals surface area contributed by atoms with Gasteiger partial charge >= 0.3 is 0 Å². The van der Waals surface area contributed by atoms with Crippen LogP contribution in [0.25, 0.3) is 0 Å². The smallest absolute Gasteiger partial charge is 0.260 e. The van der Waals surface area contributed by atoms with E-state index in [4.69, 9.17) is 25.5 Å². The number of hydrogen-bond acceptors (Lipinski definition) is 6. The fourth-order valence-corrected chi connectivity index (χ4v) is 4.32. The van der Waals surface area contributed by atoms with Crippen molar-refractivity contribution in [1.82, 2.24) is 5.32 Å². The molecule has 0 aliphatic heterocycles. The van der Waals surface area contributed by atoms with Gasteiger partial charge in [0.1, 0.15) is 24.4 Å². The zero-order chi connectivity index (χ0) is 29.6. The van der Waals surface area contributed by atoms with Crippen LogP contribution in [-0.2, 0) is 11.4 Å². The Morgan fingerprint density at radius 1 is 0.976 bits per heavy atom. The number of hydrogen-bond donors (Lipinski definition) is 1. The van der Waals surface area contributed by atoms with Crippen molar-refractivity contribution in [3.63, 3.8) is 0 Å². The van der Waals surface area contributed by atoms with Crippen molar-refractivity contribution in [2.24, 2.45) is 0 Å². The summed E-state index contributed by atoms with van der Waals surface area (Å²) in [6, 6.07) is 22.3. The highest BCUT2D eigenvalue weighted by molar-refractivity contribution is 6.34. The predicted molar refractivity (Wildman–Crippen MR) is 158 cm³/mol. The normalized spacial score (nSPS) is 11.8. The summed E-state index contributed by atoms with van der Waals surface area (Å²) in [5.41, 5.74) is 0.235. The van der Waals surface area contributed by atoms with Crippen molar-refractivity contribution >= 4 is 29.1 Å². The van der Waals surface area contributed by atoms with Crippen molar-refractivity contribution in [1.29, 1.82) is 0 Å². The number of carbonyl (C=O) groups excluding carboxylic acids is 2. The summed E-state index contributed by atoms with van der Waals surface area (Å²) in [6.07, 6.45) is 1.16. The largest absolute Gasteiger partial charge is 0.497 e. The van der Waals surface area contributed by atoms with E-state index in [0.717, 1.165) is 11.8 Å². The molecule has 41 heavy (non-hydrogen) atoms. The molecule has 1 atom stereocenters. The molecule has 0 saturated carbocycles. The fourth-order valence-electron chi connectivity index (χ4n) is 4.10. The Balaban J connectivity index is 1.81. The second kappa shape index (κ2) is 12.7. The van der Waals surface area contributed by atoms with E-state index in [1.165, 1.54) is 18.1 Å². The van der Waals surface area contributed by atoms with E-state index in [0.29, 0.717) is 11.4 Å². The second-order valence-corrected chi connectivity index (χ2v) is 10.7. The lowest BCUT2D eigenvalue weighted by Crippen LogP contribution is -2.49. The Morgan fingerprint density at radius 2 is 1.63 bits per heavy atom. The van der Waals surface area contributed by atoms with E-state index in [2.05, 4.69) is 5.32 Å². The molecule has 0 aliphatic rings. The first-order valence-corrected chi connectivity index (χ1v) is 13.3. The van der Waals surface area contributed by atoms with E-state index in [1.807, 2.05) is 51.1 Å². The molecule has 1 N–H and O–H groups in total. The van der Waals surface area contributed by atoms with Gasteiger partial charge < -0.3 is 19.2 Å². The SMILES string of the molecule is COc1ccc(N(C(=O)c2ccccc2Cl)C(C(=O)NC(C)(C)C)c2cc(=O)c(OCc3ccccc3)co2)cc1. The van der Waals surface area contributed by atoms with Crippen LogP contribution in [0.15, 0.2) is 100 Å². The molecule has 4 aromatic rings. The lowest BCUT2D eigenvalue weighted by atomic mass is 10.0. The number of halogens is 1. The summed E-state index contributed by atoms with van der Waals surface area (Å²) in [7, 11) is 1.53. The maximum atomic E-state index is 14.1. The molecule has 8 nitrogen and oxygen atoms in total. The second-order valence-electron chi connectivity index (χ2n) is 10.3. The lowest BCUT2D eigenvalue weighted by Gasteiger charge is -2.33. The fraction of sp³-hybridized carbons (Fsp3) is 0.219. The van der Waals surface area contributed by atoms with Gasteiger partial charge in [-0.15, -0.1) is 0 Å². The number of carbonyl (C=O) groups is 2. The number of amides is 2. The van der Waals surface area contributed by atoms with Crippen LogP contribution in [0.5, 0.6) is 11.5 Å². The molecule has 0 radical (unpaired) electrons. The lowest BCUT2D eigenvalue weighted by molar-refractivity contribution is -0.124. The Kier molecular flexibility index (Phi) is 9.14. The Morgan fingerprint density at radius 3 is 2.24 bits per heavy atom. The van der Waals surface area contributed by atoms with E-state index >= 15 is 0 Å². The Hall–Kier alpha value is -4.56. The van der Waals surface area contributed by atoms with Gasteiger partial charge in [0.2, 0.25) is 11.2 Å². The van der Waals surface area contributed by atoms with E-state index in [9.17, 15) is 14.4 Å². The maximum absolute atomic E-state index is 14.1. The van der Waals surface area contributed by atoms with Gasteiger partial charge in [0, 0.05) is 17.3 Å². The first kappa shape index (κ1) is 29.4. The molecule has 2 amide bonds. The summed E-state index contributed by atoms with van der Waals surface area (Å²) in [6.45, 7) is 5.59. The van der Waals surface area contributed by atoms with Crippen molar-refractivity contribution in [3.8, 4) is 11.5 Å². The number of nitrogens with one attached hydrogen (secondary N) is 1. The number of nitrogens with zero attached hydrogens (tertiary/aromatic N) is 1. The molecule has 212 valence electrons. The topological polar surface area (TPSA) is 98.1 Å². The summed E-state index contributed by atoms with van der Waals surface area (Å²) in [4.78, 5) is 42.4. The van der Waals surface area contributed by atoms with Gasteiger partial charge in [-0.25, -0.2) is 0 Å². The van der Waals surface area contributed by atoms with Crippen LogP contribution in [0.3, 0.4) is 0 Å². The van der Waals surface area contributed by atoms with Crippen LogP contribution >= 0.6 is 11.6 Å². The van der Waals surface area contributed by atoms with Crippen molar-refractivity contribution in [2.45, 2.75) is 39.0 Å². The van der Waals surface area contributed by atoms with Crippen LogP contribution in [0, 0.1) is 0 Å². The average molecular weight is 575 g/mol. The summed E-state index contributed by atoms with van der Waals surface area (Å²) < 4.78 is 16.8. The van der Waals surface area contributed by atoms with Gasteiger partial charge in [0.05, 0.1) is 17.7 Å². The van der Waals surface area contributed by atoms with E-state index in [1.54, 1.807) is 48.5 Å². The quantitative estimate of drug-likeness (QED) is 0.256. The van der Waals surface area contributed by atoms with Crippen LogP contribution in [0.1, 0.15) is 48.5 Å². The van der Waals surface area contributed by atoms with Gasteiger partial charge in [0.15, 0.2) is 6.04 Å². The average Bonchev–Trinajstić information content (AvgIpc) is 2.95. The third kappa shape index (κ3) is 7.35. The zero-order valence-corrected chi connectivity index (χ0v) is 24.0. The Labute approximate surface area is 243 Å². The first-order chi connectivity index (χ1) is 19.6. The minimum atomic E-state index is -1.37. The van der Waals surface area contributed by atoms with Gasteiger partial charge in [-0.1, -0.05) is 54.1 Å². The summed E-state index contributed by atoms with van der Waals surface area (Å²) in [5, 5.41) is 3.11. The minimum Gasteiger partial charge on any atom is -0.497 e. The van der Waals surface area contributed by atoms with Crippen LogP contribution in [0.2, 0.25) is 5.02 Å². The molecule has 0 spiro atoms. The third-order valence-corrected chi connectivity index (χ3v) is 6.33. The third-order valence-electron chi connectivity index (χ3n) is 6.00. The molecular weight excluding hydrogens is 544 g/mol. The molecule has 4 rings (SSSR count). The van der Waals surface area contributed by atoms with Gasteiger partial charge in [-0.05, 0) is 62.7 Å². The number of anilines is 1. The van der Waals surface area contributed by atoms with Crippen LogP contribution in [-0.4, -0.2) is 24.5 Å². The van der Waals surface area contributed by atoms with Crippen molar-refractivity contribution < 1.29 is 23.5 Å². The minimum absolute atomic E-state index is 0.0268. The molecular formula is C32H31ClN2O6. The molecule has 1 heterocycles. The summed E-state index contributed by atoms with van der Waals surface area (Å²) in [5.74, 6) is -0.654. The molecule has 0 aliphatic carbocycles. The van der Waals surface area contributed by atoms with Gasteiger partial charge in [-0.3, -0.25) is 19.3 Å². The van der Waals surface area contributed by atoms with Crippen molar-refractivity contribution in [3.05, 3.63) is 123 Å². The summed E-state index contributed by atoms with van der Waals surface area (Å²) >= 11 is 6.41. The molecule has 1 aromatic heterocycles. The van der Waals surface area contributed by atoms with Gasteiger partial charge in [-0.2, -0.15) is 0 Å². The highest BCUT2D eigenvalue weighted by Gasteiger charge is 2.37. The van der Waals surface area contributed by atoms with Crippen LogP contribution < -0.4 is 25.1 Å². The predicted octanol–water partition coefficient (Wildman–Crippen LogP) is 6.18. The van der Waals surface area contributed by atoms with Crippen LogP contribution in [0.4, 0.5) is 5.69 Å². The number of rotatable bonds is 9. The standard InChI is InChI=1S/C32H31ClN2O6/c1-32(2,3)34-30(37)29(27-18-26(36)28(20-41-27)40-19-21-10-6-5-7-11-21)35(22-14-16-23(39-4)17-15-22)31(38)24-12-8-9-13-25(24)33/h5-18,20,29H,19H2,1-4H3,(H,34,37). The van der Waals surface area contributed by atoms with E-state index in [-0.39, 0.29) is 28.7 Å². The molecule has 0 fully saturated rings. The maximum Gasteiger partial charge on any atom is 0.260 e. The van der Waals surface area contributed by atoms with E-state index < -0.39 is 28.8 Å².